The number of nitrogens with zero attached hydrogens (tertiary/aromatic N) is 2. The smallest absolute Gasteiger partial charge is 0.270 e. The molecule has 2 aromatic carbocycles. The van der Waals surface area contributed by atoms with Gasteiger partial charge in [0.2, 0.25) is 5.72 Å². The monoisotopic (exact) mass is 336 g/mol. The Bertz CT molecular complexity index is 933. The van der Waals surface area contributed by atoms with Gasteiger partial charge in [-0.25, -0.2) is 0 Å². The first-order valence-corrected chi connectivity index (χ1v) is 8.28. The van der Waals surface area contributed by atoms with E-state index in [-0.39, 0.29) is 16.0 Å². The Morgan fingerprint density at radius 3 is 2.64 bits per heavy atom. The van der Waals surface area contributed by atoms with Crippen LogP contribution in [-0.4, -0.2) is 17.7 Å². The van der Waals surface area contributed by atoms with Gasteiger partial charge in [0.15, 0.2) is 0 Å². The van der Waals surface area contributed by atoms with Crippen molar-refractivity contribution in [2.45, 2.75) is 31.9 Å². The lowest BCUT2D eigenvalue weighted by molar-refractivity contribution is -0.384. The van der Waals surface area contributed by atoms with Crippen LogP contribution in [0.4, 0.5) is 11.4 Å². The van der Waals surface area contributed by atoms with E-state index in [0.29, 0.717) is 5.75 Å². The molecule has 0 saturated carbocycles. The fraction of sp³-hybridized carbons (Fsp3) is 0.300. The molecule has 25 heavy (non-hydrogen) atoms. The molecule has 2 heterocycles. The second-order valence-corrected chi connectivity index (χ2v) is 7.27. The number of rotatable bonds is 1. The third-order valence-electron chi connectivity index (χ3n) is 5.60. The summed E-state index contributed by atoms with van der Waals surface area (Å²) in [7, 11) is 2.04. The highest BCUT2D eigenvalue weighted by molar-refractivity contribution is 5.74. The number of fused-ring (bicyclic) bond motifs is 2. The molecule has 5 heteroatoms. The Morgan fingerprint density at radius 2 is 1.96 bits per heavy atom. The van der Waals surface area contributed by atoms with Crippen LogP contribution >= 0.6 is 0 Å². The first-order chi connectivity index (χ1) is 11.8. The number of nitro benzene ring substituents is 1. The number of nitro groups is 1. The molecule has 0 N–H and O–H groups in total. The average molecular weight is 336 g/mol. The molecule has 1 unspecified atom stereocenters. The van der Waals surface area contributed by atoms with Crippen molar-refractivity contribution < 1.29 is 9.66 Å². The standard InChI is InChI=1S/C20H20N2O3/c1-13-6-5-7-16-18(13)21(4)20(19(16,2)3)11-10-14-12-15(22(23)24)8-9-17(14)25-20/h5-12H,1-4H3. The van der Waals surface area contributed by atoms with E-state index in [1.54, 1.807) is 12.1 Å². The molecular weight excluding hydrogens is 316 g/mol. The van der Waals surface area contributed by atoms with Crippen LogP contribution in [0.25, 0.3) is 6.08 Å². The van der Waals surface area contributed by atoms with Crippen molar-refractivity contribution in [1.82, 2.24) is 0 Å². The van der Waals surface area contributed by atoms with Gasteiger partial charge in [-0.2, -0.15) is 0 Å². The third kappa shape index (κ3) is 1.89. The number of hydrogen-bond acceptors (Lipinski definition) is 4. The number of benzene rings is 2. The van der Waals surface area contributed by atoms with Crippen molar-refractivity contribution in [3.8, 4) is 5.75 Å². The van der Waals surface area contributed by atoms with E-state index in [1.807, 2.05) is 19.2 Å². The fourth-order valence-electron chi connectivity index (χ4n) is 4.18. The summed E-state index contributed by atoms with van der Waals surface area (Å²) >= 11 is 0. The number of anilines is 1. The predicted molar refractivity (Wildman–Crippen MR) is 98.1 cm³/mol. The molecule has 1 spiro atoms. The molecule has 0 aromatic heterocycles. The van der Waals surface area contributed by atoms with Crippen molar-refractivity contribution in [2.24, 2.45) is 0 Å². The summed E-state index contributed by atoms with van der Waals surface area (Å²) < 4.78 is 6.50. The molecule has 4 rings (SSSR count). The van der Waals surface area contributed by atoms with E-state index in [4.69, 9.17) is 4.74 Å². The minimum Gasteiger partial charge on any atom is -0.463 e. The summed E-state index contributed by atoms with van der Waals surface area (Å²) in [6.45, 7) is 6.46. The minimum atomic E-state index is -0.662. The summed E-state index contributed by atoms with van der Waals surface area (Å²) in [5.41, 5.74) is 3.49. The van der Waals surface area contributed by atoms with Gasteiger partial charge in [0.1, 0.15) is 5.75 Å². The first kappa shape index (κ1) is 15.7. The molecule has 0 aliphatic carbocycles. The summed E-state index contributed by atoms with van der Waals surface area (Å²) in [5.74, 6) is 0.665. The van der Waals surface area contributed by atoms with Crippen molar-refractivity contribution in [2.75, 3.05) is 11.9 Å². The van der Waals surface area contributed by atoms with Crippen LogP contribution in [0.15, 0.2) is 42.5 Å². The van der Waals surface area contributed by atoms with Crippen molar-refractivity contribution in [3.63, 3.8) is 0 Å². The highest BCUT2D eigenvalue weighted by Gasteiger charge is 2.58. The number of non-ortho nitro benzene ring substituents is 1. The average Bonchev–Trinajstić information content (AvgIpc) is 2.74. The lowest BCUT2D eigenvalue weighted by Crippen LogP contribution is -2.58. The zero-order chi connectivity index (χ0) is 18.0. The van der Waals surface area contributed by atoms with E-state index in [0.717, 1.165) is 5.56 Å². The zero-order valence-electron chi connectivity index (χ0n) is 14.7. The molecule has 1 atom stereocenters. The maximum Gasteiger partial charge on any atom is 0.270 e. The van der Waals surface area contributed by atoms with Crippen LogP contribution in [0.3, 0.4) is 0 Å². The van der Waals surface area contributed by atoms with Crippen LogP contribution < -0.4 is 9.64 Å². The van der Waals surface area contributed by atoms with Gasteiger partial charge in [0.25, 0.3) is 5.69 Å². The van der Waals surface area contributed by atoms with Gasteiger partial charge in [0, 0.05) is 30.4 Å². The number of likely N-dealkylation sites (N-methyl/N-ethyl adjacent to an activating group) is 1. The molecule has 128 valence electrons. The minimum absolute atomic E-state index is 0.0705. The summed E-state index contributed by atoms with van der Waals surface area (Å²) in [6, 6.07) is 11.1. The number of hydrogen-bond donors (Lipinski definition) is 0. The summed E-state index contributed by atoms with van der Waals surface area (Å²) in [4.78, 5) is 12.8. The maximum absolute atomic E-state index is 11.0. The predicted octanol–water partition coefficient (Wildman–Crippen LogP) is 4.43. The van der Waals surface area contributed by atoms with E-state index >= 15 is 0 Å². The fourth-order valence-corrected chi connectivity index (χ4v) is 4.18. The Balaban J connectivity index is 1.86. The van der Waals surface area contributed by atoms with E-state index in [2.05, 4.69) is 43.9 Å². The zero-order valence-corrected chi connectivity index (χ0v) is 14.7. The van der Waals surface area contributed by atoms with Gasteiger partial charge >= 0.3 is 0 Å². The molecule has 2 aromatic rings. The Labute approximate surface area is 146 Å². The molecule has 2 aliphatic heterocycles. The highest BCUT2D eigenvalue weighted by atomic mass is 16.6. The Morgan fingerprint density at radius 1 is 1.20 bits per heavy atom. The summed E-state index contributed by atoms with van der Waals surface area (Å²) in [6.07, 6.45) is 3.96. The second-order valence-electron chi connectivity index (χ2n) is 7.27. The van der Waals surface area contributed by atoms with Crippen LogP contribution in [0.2, 0.25) is 0 Å². The van der Waals surface area contributed by atoms with Crippen LogP contribution in [-0.2, 0) is 5.41 Å². The van der Waals surface area contributed by atoms with Crippen molar-refractivity contribution in [3.05, 3.63) is 69.3 Å². The molecule has 5 nitrogen and oxygen atoms in total. The van der Waals surface area contributed by atoms with E-state index < -0.39 is 5.72 Å². The van der Waals surface area contributed by atoms with Crippen LogP contribution in [0, 0.1) is 17.0 Å². The maximum atomic E-state index is 11.0. The van der Waals surface area contributed by atoms with Gasteiger partial charge in [-0.15, -0.1) is 0 Å². The number of ether oxygens (including phenoxy) is 1. The number of aryl methyl sites for hydroxylation is 1. The summed E-state index contributed by atoms with van der Waals surface area (Å²) in [5, 5.41) is 11.0. The Hall–Kier alpha value is -2.82. The van der Waals surface area contributed by atoms with E-state index in [1.165, 1.54) is 22.9 Å². The highest BCUT2D eigenvalue weighted by Crippen LogP contribution is 2.55. The molecule has 0 amide bonds. The second kappa shape index (κ2) is 4.85. The molecular formula is C20H20N2O3. The Kier molecular flexibility index (Phi) is 3.04. The van der Waals surface area contributed by atoms with Gasteiger partial charge in [-0.05, 0) is 50.1 Å². The normalized spacial score (nSPS) is 22.5. The molecule has 0 bridgehead atoms. The van der Waals surface area contributed by atoms with Crippen molar-refractivity contribution >= 4 is 17.5 Å². The van der Waals surface area contributed by atoms with Gasteiger partial charge in [-0.3, -0.25) is 10.1 Å². The van der Waals surface area contributed by atoms with Gasteiger partial charge < -0.3 is 9.64 Å². The van der Waals surface area contributed by atoms with Gasteiger partial charge in [0.05, 0.1) is 10.3 Å². The van der Waals surface area contributed by atoms with Crippen LogP contribution in [0.5, 0.6) is 5.75 Å². The third-order valence-corrected chi connectivity index (χ3v) is 5.60. The first-order valence-electron chi connectivity index (χ1n) is 8.28. The molecule has 0 saturated heterocycles. The molecule has 0 radical (unpaired) electrons. The SMILES string of the molecule is Cc1cccc2c1N(C)C1(C=Cc3cc([N+](=O)[O-])ccc3O1)C2(C)C. The van der Waals surface area contributed by atoms with Crippen LogP contribution in [0.1, 0.15) is 30.5 Å². The molecule has 0 fully saturated rings. The topological polar surface area (TPSA) is 55.6 Å². The van der Waals surface area contributed by atoms with Crippen molar-refractivity contribution in [1.29, 1.82) is 0 Å². The largest absolute Gasteiger partial charge is 0.463 e. The lowest BCUT2D eigenvalue weighted by atomic mass is 9.76. The number of para-hydroxylation sites is 1. The molecule has 2 aliphatic rings. The van der Waals surface area contributed by atoms with Gasteiger partial charge in [-0.1, -0.05) is 18.2 Å². The quantitative estimate of drug-likeness (QED) is 0.571. The van der Waals surface area contributed by atoms with E-state index in [9.17, 15) is 10.1 Å². The lowest BCUT2D eigenvalue weighted by Gasteiger charge is -2.45.